The molecule has 0 spiro atoms. The predicted octanol–water partition coefficient (Wildman–Crippen LogP) is 3.51. The minimum absolute atomic E-state index is 0. The molecule has 0 saturated heterocycles. The van der Waals surface area contributed by atoms with Gasteiger partial charge < -0.3 is 15.4 Å². The lowest BCUT2D eigenvalue weighted by Gasteiger charge is -2.14. The Kier molecular flexibility index (Phi) is 8.20. The molecule has 0 unspecified atom stereocenters. The highest BCUT2D eigenvalue weighted by Crippen LogP contribution is 2.27. The smallest absolute Gasteiger partial charge is 0.224 e. The van der Waals surface area contributed by atoms with Crippen molar-refractivity contribution in [1.82, 2.24) is 5.32 Å². The summed E-state index contributed by atoms with van der Waals surface area (Å²) < 4.78 is 19.6. The number of carbonyl (C=O) groups is 1. The largest absolute Gasteiger partial charge is 0.487 e. The Labute approximate surface area is 137 Å². The molecule has 124 valence electrons. The maximum absolute atomic E-state index is 14.0. The first-order valence-corrected chi connectivity index (χ1v) is 7.59. The van der Waals surface area contributed by atoms with Crippen molar-refractivity contribution in [2.45, 2.75) is 44.6 Å². The quantitative estimate of drug-likeness (QED) is 0.752. The van der Waals surface area contributed by atoms with Gasteiger partial charge in [-0.25, -0.2) is 4.39 Å². The number of benzene rings is 1. The van der Waals surface area contributed by atoms with E-state index < -0.39 is 5.82 Å². The summed E-state index contributed by atoms with van der Waals surface area (Å²) in [6, 6.07) is 4.60. The summed E-state index contributed by atoms with van der Waals surface area (Å²) >= 11 is 0. The van der Waals surface area contributed by atoms with Crippen molar-refractivity contribution >= 4 is 24.0 Å². The van der Waals surface area contributed by atoms with Crippen LogP contribution in [0.3, 0.4) is 0 Å². The molecule has 1 aromatic carbocycles. The highest BCUT2D eigenvalue weighted by molar-refractivity contribution is 5.90. The predicted molar refractivity (Wildman–Crippen MR) is 88.3 cm³/mol. The van der Waals surface area contributed by atoms with Gasteiger partial charge in [-0.15, -0.1) is 12.4 Å². The van der Waals surface area contributed by atoms with Gasteiger partial charge in [0.1, 0.15) is 0 Å². The van der Waals surface area contributed by atoms with Crippen LogP contribution in [0.25, 0.3) is 0 Å². The second-order valence-corrected chi connectivity index (χ2v) is 5.42. The minimum atomic E-state index is -0.421. The average Bonchev–Trinajstić information content (AvgIpc) is 2.95. The molecular weight excluding hydrogens is 307 g/mol. The van der Waals surface area contributed by atoms with Gasteiger partial charge in [-0.05, 0) is 57.8 Å². The lowest BCUT2D eigenvalue weighted by Crippen LogP contribution is -2.15. The maximum Gasteiger partial charge on any atom is 0.224 e. The number of anilines is 1. The standard InChI is InChI=1S/C16H23FN2O2.ClH/c1-18-10-4-7-16(20)19-12-8-9-15(14(17)11-12)21-13-5-2-3-6-13;/h8-9,11,13,18H,2-7,10H2,1H3,(H,19,20);1H. The molecule has 2 rings (SSSR count). The number of nitrogens with one attached hydrogen (secondary N) is 2. The van der Waals surface area contributed by atoms with E-state index in [2.05, 4.69) is 10.6 Å². The lowest BCUT2D eigenvalue weighted by atomic mass is 10.2. The lowest BCUT2D eigenvalue weighted by molar-refractivity contribution is -0.116. The van der Waals surface area contributed by atoms with E-state index in [1.54, 1.807) is 12.1 Å². The number of rotatable bonds is 7. The first-order valence-electron chi connectivity index (χ1n) is 7.59. The maximum atomic E-state index is 14.0. The highest BCUT2D eigenvalue weighted by Gasteiger charge is 2.18. The van der Waals surface area contributed by atoms with Gasteiger partial charge in [0.05, 0.1) is 6.10 Å². The SMILES string of the molecule is CNCCCC(=O)Nc1ccc(OC2CCCC2)c(F)c1.Cl. The Morgan fingerprint density at radius 2 is 2.09 bits per heavy atom. The summed E-state index contributed by atoms with van der Waals surface area (Å²) in [7, 11) is 1.84. The number of hydrogen-bond acceptors (Lipinski definition) is 3. The molecule has 0 radical (unpaired) electrons. The van der Waals surface area contributed by atoms with Crippen molar-refractivity contribution in [1.29, 1.82) is 0 Å². The van der Waals surface area contributed by atoms with Crippen molar-refractivity contribution in [2.24, 2.45) is 0 Å². The molecule has 2 N–H and O–H groups in total. The number of hydrogen-bond donors (Lipinski definition) is 2. The summed E-state index contributed by atoms with van der Waals surface area (Å²) in [6.07, 6.45) is 5.57. The summed E-state index contributed by atoms with van der Waals surface area (Å²) in [5, 5.41) is 5.68. The van der Waals surface area contributed by atoms with Crippen molar-refractivity contribution in [3.05, 3.63) is 24.0 Å². The van der Waals surface area contributed by atoms with Gasteiger partial charge in [0, 0.05) is 18.2 Å². The topological polar surface area (TPSA) is 50.4 Å². The molecule has 1 aliphatic carbocycles. The number of ether oxygens (including phenoxy) is 1. The first-order chi connectivity index (χ1) is 10.2. The van der Waals surface area contributed by atoms with Crippen LogP contribution in [0.4, 0.5) is 10.1 Å². The number of halogens is 2. The van der Waals surface area contributed by atoms with Gasteiger partial charge in [0.25, 0.3) is 0 Å². The molecule has 0 aromatic heterocycles. The highest BCUT2D eigenvalue weighted by atomic mass is 35.5. The van der Waals surface area contributed by atoms with Gasteiger partial charge >= 0.3 is 0 Å². The Hall–Kier alpha value is -1.33. The van der Waals surface area contributed by atoms with Crippen LogP contribution < -0.4 is 15.4 Å². The minimum Gasteiger partial charge on any atom is -0.487 e. The van der Waals surface area contributed by atoms with Gasteiger partial charge in [-0.2, -0.15) is 0 Å². The van der Waals surface area contributed by atoms with Crippen LogP contribution in [0.1, 0.15) is 38.5 Å². The summed E-state index contributed by atoms with van der Waals surface area (Å²) in [5.41, 5.74) is 0.473. The zero-order valence-electron chi connectivity index (χ0n) is 12.9. The fraction of sp³-hybridized carbons (Fsp3) is 0.562. The second kappa shape index (κ2) is 9.64. The first kappa shape index (κ1) is 18.7. The summed E-state index contributed by atoms with van der Waals surface area (Å²) in [4.78, 5) is 11.7. The van der Waals surface area contributed by atoms with Gasteiger partial charge in [0.2, 0.25) is 5.91 Å². The van der Waals surface area contributed by atoms with Crippen LogP contribution in [-0.2, 0) is 4.79 Å². The van der Waals surface area contributed by atoms with Crippen LogP contribution in [0.5, 0.6) is 5.75 Å². The van der Waals surface area contributed by atoms with E-state index in [0.29, 0.717) is 12.1 Å². The third kappa shape index (κ3) is 5.81. The van der Waals surface area contributed by atoms with E-state index in [1.165, 1.54) is 6.07 Å². The molecule has 1 aliphatic rings. The van der Waals surface area contributed by atoms with E-state index in [4.69, 9.17) is 4.74 Å². The molecule has 1 amide bonds. The van der Waals surface area contributed by atoms with Gasteiger partial charge in [-0.3, -0.25) is 4.79 Å². The molecular formula is C16H24ClFN2O2. The molecule has 0 heterocycles. The van der Waals surface area contributed by atoms with Crippen LogP contribution in [0.15, 0.2) is 18.2 Å². The van der Waals surface area contributed by atoms with Crippen LogP contribution in [0.2, 0.25) is 0 Å². The summed E-state index contributed by atoms with van der Waals surface area (Å²) in [6.45, 7) is 0.788. The fourth-order valence-corrected chi connectivity index (χ4v) is 2.51. The number of amides is 1. The van der Waals surface area contributed by atoms with E-state index in [1.807, 2.05) is 7.05 Å². The molecule has 1 aromatic rings. The molecule has 22 heavy (non-hydrogen) atoms. The Bertz CT molecular complexity index is 479. The van der Waals surface area contributed by atoms with Gasteiger partial charge in [-0.1, -0.05) is 0 Å². The van der Waals surface area contributed by atoms with Crippen LogP contribution in [-0.4, -0.2) is 25.6 Å². The normalized spacial score (nSPS) is 14.5. The van der Waals surface area contributed by atoms with Crippen molar-refractivity contribution in [2.75, 3.05) is 18.9 Å². The van der Waals surface area contributed by atoms with Crippen LogP contribution in [0, 0.1) is 5.82 Å². The van der Waals surface area contributed by atoms with E-state index in [-0.39, 0.29) is 30.2 Å². The van der Waals surface area contributed by atoms with Crippen LogP contribution >= 0.6 is 12.4 Å². The van der Waals surface area contributed by atoms with E-state index in [0.717, 1.165) is 38.6 Å². The molecule has 1 saturated carbocycles. The third-order valence-corrected chi connectivity index (χ3v) is 3.64. The monoisotopic (exact) mass is 330 g/mol. The fourth-order valence-electron chi connectivity index (χ4n) is 2.51. The molecule has 4 nitrogen and oxygen atoms in total. The Balaban J connectivity index is 0.00000242. The van der Waals surface area contributed by atoms with Crippen molar-refractivity contribution in [3.8, 4) is 5.75 Å². The summed E-state index contributed by atoms with van der Waals surface area (Å²) in [5.74, 6) is -0.251. The Morgan fingerprint density at radius 1 is 1.36 bits per heavy atom. The number of carbonyl (C=O) groups excluding carboxylic acids is 1. The molecule has 0 atom stereocenters. The zero-order chi connectivity index (χ0) is 15.1. The molecule has 0 aliphatic heterocycles. The molecule has 6 heteroatoms. The Morgan fingerprint density at radius 3 is 2.73 bits per heavy atom. The van der Waals surface area contributed by atoms with E-state index >= 15 is 0 Å². The van der Waals surface area contributed by atoms with Gasteiger partial charge in [0.15, 0.2) is 11.6 Å². The van der Waals surface area contributed by atoms with Crippen molar-refractivity contribution in [3.63, 3.8) is 0 Å². The average molecular weight is 331 g/mol. The molecule has 0 bridgehead atoms. The second-order valence-electron chi connectivity index (χ2n) is 5.42. The van der Waals surface area contributed by atoms with E-state index in [9.17, 15) is 9.18 Å². The van der Waals surface area contributed by atoms with Crippen molar-refractivity contribution < 1.29 is 13.9 Å². The third-order valence-electron chi connectivity index (χ3n) is 3.64. The molecule has 1 fully saturated rings. The zero-order valence-corrected chi connectivity index (χ0v) is 13.7.